The molecule has 0 fully saturated rings. The summed E-state index contributed by atoms with van der Waals surface area (Å²) >= 11 is 0. The minimum absolute atomic E-state index is 0. The van der Waals surface area contributed by atoms with Gasteiger partial charge in [-0.15, -0.1) is 12.4 Å². The molecule has 1 amide bonds. The van der Waals surface area contributed by atoms with E-state index in [0.717, 1.165) is 0 Å². The number of anilines is 1. The zero-order valence-electron chi connectivity index (χ0n) is 11.4. The fraction of sp³-hybridized carbons (Fsp3) is 0.417. The molecule has 0 unspecified atom stereocenters. The largest absolute Gasteiger partial charge is 0.348 e. The highest BCUT2D eigenvalue weighted by Crippen LogP contribution is 2.16. The first-order valence-corrected chi connectivity index (χ1v) is 7.65. The van der Waals surface area contributed by atoms with E-state index in [-0.39, 0.29) is 41.4 Å². The number of sulfonamides is 1. The van der Waals surface area contributed by atoms with Gasteiger partial charge in [0.1, 0.15) is 0 Å². The third-order valence-electron chi connectivity index (χ3n) is 2.55. The van der Waals surface area contributed by atoms with E-state index in [9.17, 15) is 13.2 Å². The number of rotatable bonds is 6. The average molecular weight is 322 g/mol. The summed E-state index contributed by atoms with van der Waals surface area (Å²) in [6.07, 6.45) is 0. The van der Waals surface area contributed by atoms with Gasteiger partial charge in [-0.2, -0.15) is 0 Å². The maximum absolute atomic E-state index is 12.0. The van der Waals surface area contributed by atoms with E-state index in [1.54, 1.807) is 31.2 Å². The molecule has 114 valence electrons. The first-order valence-electron chi connectivity index (χ1n) is 6.00. The Bertz CT molecular complexity index is 549. The van der Waals surface area contributed by atoms with Gasteiger partial charge in [-0.3, -0.25) is 9.52 Å². The maximum atomic E-state index is 12.0. The Kier molecular flexibility index (Phi) is 7.55. The van der Waals surface area contributed by atoms with E-state index in [1.165, 1.54) is 6.92 Å². The quantitative estimate of drug-likeness (QED) is 0.726. The molecule has 0 radical (unpaired) electrons. The molecule has 0 bridgehead atoms. The van der Waals surface area contributed by atoms with Crippen molar-refractivity contribution in [2.75, 3.05) is 17.0 Å². The number of carbonyl (C=O) groups excluding carboxylic acids is 1. The minimum Gasteiger partial charge on any atom is -0.348 e. The van der Waals surface area contributed by atoms with E-state index in [1.807, 2.05) is 0 Å². The standard InChI is InChI=1S/C12H19N3O3S.ClH/c1-3-19(17,18)15-11-7-5-4-6-10(11)12(16)14-9(2)8-13;/h4-7,9,15H,3,8,13H2,1-2H3,(H,14,16);1H/t9-;/m0./s1. The van der Waals surface area contributed by atoms with Crippen LogP contribution in [-0.4, -0.2) is 32.7 Å². The van der Waals surface area contributed by atoms with Crippen LogP contribution in [0.3, 0.4) is 0 Å². The van der Waals surface area contributed by atoms with Crippen molar-refractivity contribution in [3.63, 3.8) is 0 Å². The van der Waals surface area contributed by atoms with E-state index >= 15 is 0 Å². The van der Waals surface area contributed by atoms with E-state index in [4.69, 9.17) is 5.73 Å². The predicted molar refractivity (Wildman–Crippen MR) is 82.8 cm³/mol. The van der Waals surface area contributed by atoms with Gasteiger partial charge in [0.05, 0.1) is 17.0 Å². The lowest BCUT2D eigenvalue weighted by Gasteiger charge is -2.14. The summed E-state index contributed by atoms with van der Waals surface area (Å²) < 4.78 is 25.5. The Morgan fingerprint density at radius 3 is 2.50 bits per heavy atom. The third kappa shape index (κ3) is 5.36. The van der Waals surface area contributed by atoms with Gasteiger partial charge in [0.15, 0.2) is 0 Å². The molecule has 0 aromatic heterocycles. The number of hydrogen-bond acceptors (Lipinski definition) is 4. The fourth-order valence-electron chi connectivity index (χ4n) is 1.37. The number of nitrogens with two attached hydrogens (primary N) is 1. The van der Waals surface area contributed by atoms with Gasteiger partial charge in [-0.25, -0.2) is 8.42 Å². The van der Waals surface area contributed by atoms with Crippen LogP contribution in [0.5, 0.6) is 0 Å². The molecule has 20 heavy (non-hydrogen) atoms. The summed E-state index contributed by atoms with van der Waals surface area (Å²) in [4.78, 5) is 12.0. The zero-order valence-corrected chi connectivity index (χ0v) is 13.1. The third-order valence-corrected chi connectivity index (χ3v) is 3.84. The van der Waals surface area contributed by atoms with Gasteiger partial charge in [-0.05, 0) is 26.0 Å². The monoisotopic (exact) mass is 321 g/mol. The highest BCUT2D eigenvalue weighted by atomic mass is 35.5. The lowest BCUT2D eigenvalue weighted by atomic mass is 10.1. The molecule has 1 rings (SSSR count). The van der Waals surface area contributed by atoms with E-state index in [0.29, 0.717) is 6.54 Å². The van der Waals surface area contributed by atoms with Crippen LogP contribution in [0.25, 0.3) is 0 Å². The fourth-order valence-corrected chi connectivity index (χ4v) is 2.03. The Balaban J connectivity index is 0.00000361. The molecule has 0 saturated carbocycles. The van der Waals surface area contributed by atoms with Crippen LogP contribution in [0.15, 0.2) is 24.3 Å². The summed E-state index contributed by atoms with van der Waals surface area (Å²) in [5.41, 5.74) is 5.98. The van der Waals surface area contributed by atoms with Crippen molar-refractivity contribution in [3.8, 4) is 0 Å². The van der Waals surface area contributed by atoms with Crippen LogP contribution in [0.2, 0.25) is 0 Å². The Hall–Kier alpha value is -1.31. The SMILES string of the molecule is CCS(=O)(=O)Nc1ccccc1C(=O)N[C@@H](C)CN.Cl. The van der Waals surface area contributed by atoms with Crippen LogP contribution in [0.4, 0.5) is 5.69 Å². The molecule has 1 aromatic rings. The molecule has 0 aliphatic rings. The van der Waals surface area contributed by atoms with Gasteiger partial charge >= 0.3 is 0 Å². The van der Waals surface area contributed by atoms with E-state index in [2.05, 4.69) is 10.0 Å². The van der Waals surface area contributed by atoms with Gasteiger partial charge in [-0.1, -0.05) is 12.1 Å². The molecule has 8 heteroatoms. The smallest absolute Gasteiger partial charge is 0.253 e. The second kappa shape index (κ2) is 8.08. The molecule has 1 atom stereocenters. The summed E-state index contributed by atoms with van der Waals surface area (Å²) in [6.45, 7) is 3.62. The van der Waals surface area contributed by atoms with Crippen molar-refractivity contribution in [1.29, 1.82) is 0 Å². The Morgan fingerprint density at radius 2 is 1.95 bits per heavy atom. The Labute approximate surface area is 125 Å². The van der Waals surface area contributed by atoms with Crippen molar-refractivity contribution < 1.29 is 13.2 Å². The maximum Gasteiger partial charge on any atom is 0.253 e. The molecule has 0 heterocycles. The molecular formula is C12H20ClN3O3S. The van der Waals surface area contributed by atoms with Crippen LogP contribution < -0.4 is 15.8 Å². The first-order chi connectivity index (χ1) is 8.89. The van der Waals surface area contributed by atoms with Crippen LogP contribution in [0.1, 0.15) is 24.2 Å². The zero-order chi connectivity index (χ0) is 14.5. The molecule has 6 nitrogen and oxygen atoms in total. The number of para-hydroxylation sites is 1. The summed E-state index contributed by atoms with van der Waals surface area (Å²) in [7, 11) is -3.42. The van der Waals surface area contributed by atoms with Crippen molar-refractivity contribution in [1.82, 2.24) is 5.32 Å². The minimum atomic E-state index is -3.42. The number of benzene rings is 1. The lowest BCUT2D eigenvalue weighted by molar-refractivity contribution is 0.0942. The molecule has 0 saturated heterocycles. The van der Waals surface area contributed by atoms with E-state index < -0.39 is 10.0 Å². The summed E-state index contributed by atoms with van der Waals surface area (Å²) in [6, 6.07) is 6.27. The van der Waals surface area contributed by atoms with Gasteiger partial charge in [0, 0.05) is 12.6 Å². The van der Waals surface area contributed by atoms with Crippen LogP contribution in [0, 0.1) is 0 Å². The summed E-state index contributed by atoms with van der Waals surface area (Å²) in [5, 5.41) is 2.69. The molecule has 1 aromatic carbocycles. The number of carbonyl (C=O) groups is 1. The number of halogens is 1. The first kappa shape index (κ1) is 18.7. The topological polar surface area (TPSA) is 101 Å². The molecular weight excluding hydrogens is 302 g/mol. The average Bonchev–Trinajstić information content (AvgIpc) is 2.38. The Morgan fingerprint density at radius 1 is 1.35 bits per heavy atom. The van der Waals surface area contributed by atoms with Crippen molar-refractivity contribution in [2.45, 2.75) is 19.9 Å². The second-order valence-corrected chi connectivity index (χ2v) is 6.17. The molecule has 0 aliphatic heterocycles. The van der Waals surface area contributed by atoms with Gasteiger partial charge < -0.3 is 11.1 Å². The molecule has 0 aliphatic carbocycles. The highest BCUT2D eigenvalue weighted by Gasteiger charge is 2.16. The van der Waals surface area contributed by atoms with Gasteiger partial charge in [0.2, 0.25) is 10.0 Å². The number of amides is 1. The van der Waals surface area contributed by atoms with Gasteiger partial charge in [0.25, 0.3) is 5.91 Å². The summed E-state index contributed by atoms with van der Waals surface area (Å²) in [5.74, 6) is -0.408. The number of hydrogen-bond donors (Lipinski definition) is 3. The number of nitrogens with one attached hydrogen (secondary N) is 2. The lowest BCUT2D eigenvalue weighted by Crippen LogP contribution is -2.38. The second-order valence-electron chi connectivity index (χ2n) is 4.16. The predicted octanol–water partition coefficient (Wildman–Crippen LogP) is 0.947. The molecule has 4 N–H and O–H groups in total. The van der Waals surface area contributed by atoms with Crippen molar-refractivity contribution in [2.24, 2.45) is 5.73 Å². The highest BCUT2D eigenvalue weighted by molar-refractivity contribution is 7.92. The molecule has 0 spiro atoms. The van der Waals surface area contributed by atoms with Crippen molar-refractivity contribution >= 4 is 34.0 Å². The van der Waals surface area contributed by atoms with Crippen LogP contribution >= 0.6 is 12.4 Å². The van der Waals surface area contributed by atoms with Crippen LogP contribution in [-0.2, 0) is 10.0 Å². The normalized spacial score (nSPS) is 12.2. The van der Waals surface area contributed by atoms with Crippen molar-refractivity contribution in [3.05, 3.63) is 29.8 Å².